The summed E-state index contributed by atoms with van der Waals surface area (Å²) in [5.41, 5.74) is -0.702. The van der Waals surface area contributed by atoms with Crippen LogP contribution in [0.5, 0.6) is 0 Å². The Kier molecular flexibility index (Phi) is 4.39. The molecule has 0 radical (unpaired) electrons. The molecule has 1 amide bonds. The summed E-state index contributed by atoms with van der Waals surface area (Å²) in [6.07, 6.45) is -0.219. The highest BCUT2D eigenvalue weighted by Gasteiger charge is 2.34. The fraction of sp³-hybridized carbons (Fsp3) is 0.389. The molecule has 1 atom stereocenters. The summed E-state index contributed by atoms with van der Waals surface area (Å²) in [5.74, 6) is -2.62. The van der Waals surface area contributed by atoms with Gasteiger partial charge in [0, 0.05) is 44.1 Å². The SMILES string of the molecule is CN1CCN(c2nc3c(c(=O)[nH]2)C(c2c(F)cccc2F)CC(=O)N3)CC1. The average Bonchev–Trinajstić information content (AvgIpc) is 2.61. The van der Waals surface area contributed by atoms with Gasteiger partial charge in [-0.05, 0) is 19.2 Å². The molecule has 1 aromatic carbocycles. The standard InChI is InChI=1S/C18H19F2N5O2/c1-24-5-7-25(8-6-24)18-22-16-15(17(27)23-18)10(9-13(26)21-16)14-11(19)3-2-4-12(14)20/h2-4,10H,5-9H2,1H3,(H2,21,22,23,26,27). The highest BCUT2D eigenvalue weighted by atomic mass is 19.1. The Morgan fingerprint density at radius 3 is 2.41 bits per heavy atom. The van der Waals surface area contributed by atoms with Crippen molar-refractivity contribution in [3.05, 3.63) is 51.3 Å². The van der Waals surface area contributed by atoms with Crippen LogP contribution in [0, 0.1) is 11.6 Å². The van der Waals surface area contributed by atoms with Crippen molar-refractivity contribution >= 4 is 17.7 Å². The molecule has 1 aromatic heterocycles. The number of carbonyl (C=O) groups excluding carboxylic acids is 1. The molecule has 3 heterocycles. The van der Waals surface area contributed by atoms with E-state index in [4.69, 9.17) is 0 Å². The van der Waals surface area contributed by atoms with E-state index in [1.807, 2.05) is 11.9 Å². The van der Waals surface area contributed by atoms with Gasteiger partial charge in [0.25, 0.3) is 5.56 Å². The molecule has 1 unspecified atom stereocenters. The fourth-order valence-electron chi connectivity index (χ4n) is 3.62. The number of piperazine rings is 1. The van der Waals surface area contributed by atoms with Crippen LogP contribution < -0.4 is 15.8 Å². The summed E-state index contributed by atoms with van der Waals surface area (Å²) in [4.78, 5) is 36.1. The van der Waals surface area contributed by atoms with Gasteiger partial charge in [-0.25, -0.2) is 8.78 Å². The van der Waals surface area contributed by atoms with Crippen molar-refractivity contribution < 1.29 is 13.6 Å². The normalized spacial score (nSPS) is 20.3. The molecule has 2 N–H and O–H groups in total. The third-order valence-corrected chi connectivity index (χ3v) is 5.09. The zero-order chi connectivity index (χ0) is 19.1. The zero-order valence-corrected chi connectivity index (χ0v) is 14.8. The smallest absolute Gasteiger partial charge is 0.258 e. The number of hydrogen-bond donors (Lipinski definition) is 2. The number of fused-ring (bicyclic) bond motifs is 1. The van der Waals surface area contributed by atoms with Crippen molar-refractivity contribution in [3.63, 3.8) is 0 Å². The van der Waals surface area contributed by atoms with Gasteiger partial charge in [0.2, 0.25) is 11.9 Å². The van der Waals surface area contributed by atoms with Crippen LogP contribution >= 0.6 is 0 Å². The van der Waals surface area contributed by atoms with Crippen LogP contribution in [0.4, 0.5) is 20.5 Å². The number of nitrogens with one attached hydrogen (secondary N) is 2. The molecular weight excluding hydrogens is 356 g/mol. The molecule has 4 rings (SSSR count). The number of benzene rings is 1. The van der Waals surface area contributed by atoms with Crippen LogP contribution in [-0.4, -0.2) is 54.0 Å². The summed E-state index contributed by atoms with van der Waals surface area (Å²) in [7, 11) is 2.01. The Morgan fingerprint density at radius 1 is 1.07 bits per heavy atom. The number of halogens is 2. The van der Waals surface area contributed by atoms with Crippen LogP contribution in [-0.2, 0) is 4.79 Å². The molecule has 7 nitrogen and oxygen atoms in total. The lowest BCUT2D eigenvalue weighted by Gasteiger charge is -2.33. The molecule has 1 fully saturated rings. The highest BCUT2D eigenvalue weighted by molar-refractivity contribution is 5.94. The highest BCUT2D eigenvalue weighted by Crippen LogP contribution is 2.36. The number of aromatic amines is 1. The third-order valence-electron chi connectivity index (χ3n) is 5.09. The second-order valence-corrected chi connectivity index (χ2v) is 6.88. The number of amides is 1. The number of nitrogens with zero attached hydrogens (tertiary/aromatic N) is 3. The minimum atomic E-state index is -1.02. The van der Waals surface area contributed by atoms with E-state index in [9.17, 15) is 18.4 Å². The van der Waals surface area contributed by atoms with Crippen LogP contribution in [0.15, 0.2) is 23.0 Å². The van der Waals surface area contributed by atoms with E-state index >= 15 is 0 Å². The van der Waals surface area contributed by atoms with Crippen molar-refractivity contribution in [3.8, 4) is 0 Å². The number of hydrogen-bond acceptors (Lipinski definition) is 5. The molecule has 1 saturated heterocycles. The van der Waals surface area contributed by atoms with Gasteiger partial charge in [0.1, 0.15) is 17.5 Å². The maximum Gasteiger partial charge on any atom is 0.258 e. The summed E-state index contributed by atoms with van der Waals surface area (Å²) in [6.45, 7) is 2.99. The lowest BCUT2D eigenvalue weighted by atomic mass is 9.86. The number of H-pyrrole nitrogens is 1. The fourth-order valence-corrected chi connectivity index (χ4v) is 3.62. The van der Waals surface area contributed by atoms with Gasteiger partial charge in [-0.1, -0.05) is 6.07 Å². The first-order valence-corrected chi connectivity index (χ1v) is 8.75. The van der Waals surface area contributed by atoms with E-state index in [-0.39, 0.29) is 23.4 Å². The third kappa shape index (κ3) is 3.18. The van der Waals surface area contributed by atoms with Gasteiger partial charge < -0.3 is 15.1 Å². The van der Waals surface area contributed by atoms with E-state index in [0.717, 1.165) is 25.2 Å². The Hall–Kier alpha value is -2.81. The van der Waals surface area contributed by atoms with Gasteiger partial charge in [0.15, 0.2) is 0 Å². The Balaban J connectivity index is 1.79. The molecule has 142 valence electrons. The summed E-state index contributed by atoms with van der Waals surface area (Å²) < 4.78 is 28.6. The molecule has 2 aliphatic heterocycles. The minimum absolute atomic E-state index is 0.0663. The molecule has 0 spiro atoms. The maximum atomic E-state index is 14.3. The predicted molar refractivity (Wildman–Crippen MR) is 96.0 cm³/mol. The van der Waals surface area contributed by atoms with Crippen molar-refractivity contribution in [1.29, 1.82) is 0 Å². The second-order valence-electron chi connectivity index (χ2n) is 6.88. The molecule has 9 heteroatoms. The molecule has 0 bridgehead atoms. The Morgan fingerprint density at radius 2 is 1.74 bits per heavy atom. The Bertz CT molecular complexity index is 933. The number of carbonyl (C=O) groups is 1. The first-order chi connectivity index (χ1) is 12.9. The lowest BCUT2D eigenvalue weighted by molar-refractivity contribution is -0.116. The predicted octanol–water partition coefficient (Wildman–Crippen LogP) is 1.27. The van der Waals surface area contributed by atoms with Gasteiger partial charge in [0.05, 0.1) is 5.56 Å². The van der Waals surface area contributed by atoms with Crippen LogP contribution in [0.2, 0.25) is 0 Å². The zero-order valence-electron chi connectivity index (χ0n) is 14.8. The van der Waals surface area contributed by atoms with Crippen LogP contribution in [0.1, 0.15) is 23.5 Å². The van der Waals surface area contributed by atoms with E-state index in [2.05, 4.69) is 20.2 Å². The first kappa shape index (κ1) is 17.6. The van der Waals surface area contributed by atoms with Crippen molar-refractivity contribution in [2.75, 3.05) is 43.4 Å². The number of aromatic nitrogens is 2. The monoisotopic (exact) mass is 375 g/mol. The summed E-state index contributed by atoms with van der Waals surface area (Å²) in [5, 5.41) is 2.58. The van der Waals surface area contributed by atoms with Crippen LogP contribution in [0.25, 0.3) is 0 Å². The van der Waals surface area contributed by atoms with Gasteiger partial charge in [-0.3, -0.25) is 14.6 Å². The number of rotatable bonds is 2. The molecule has 0 saturated carbocycles. The summed E-state index contributed by atoms with van der Waals surface area (Å²) >= 11 is 0. The largest absolute Gasteiger partial charge is 0.340 e. The van der Waals surface area contributed by atoms with Gasteiger partial charge in [-0.2, -0.15) is 4.98 Å². The first-order valence-electron chi connectivity index (χ1n) is 8.75. The molecule has 0 aliphatic carbocycles. The second kappa shape index (κ2) is 6.73. The topological polar surface area (TPSA) is 81.3 Å². The van der Waals surface area contributed by atoms with Crippen molar-refractivity contribution in [2.24, 2.45) is 0 Å². The Labute approximate surface area is 154 Å². The summed E-state index contributed by atoms with van der Waals surface area (Å²) in [6, 6.07) is 3.48. The van der Waals surface area contributed by atoms with Gasteiger partial charge >= 0.3 is 0 Å². The number of likely N-dealkylation sites (N-methyl/N-ethyl adjacent to an activating group) is 1. The van der Waals surface area contributed by atoms with Crippen molar-refractivity contribution in [2.45, 2.75) is 12.3 Å². The van der Waals surface area contributed by atoms with E-state index < -0.39 is 29.0 Å². The van der Waals surface area contributed by atoms with E-state index in [1.54, 1.807) is 0 Å². The van der Waals surface area contributed by atoms with Crippen molar-refractivity contribution in [1.82, 2.24) is 14.9 Å². The molecule has 2 aromatic rings. The minimum Gasteiger partial charge on any atom is -0.340 e. The quantitative estimate of drug-likeness (QED) is 0.826. The van der Waals surface area contributed by atoms with Gasteiger partial charge in [-0.15, -0.1) is 0 Å². The van der Waals surface area contributed by atoms with E-state index in [0.29, 0.717) is 19.0 Å². The molecular formula is C18H19F2N5O2. The van der Waals surface area contributed by atoms with Crippen LogP contribution in [0.3, 0.4) is 0 Å². The molecule has 2 aliphatic rings. The van der Waals surface area contributed by atoms with E-state index in [1.165, 1.54) is 6.07 Å². The lowest BCUT2D eigenvalue weighted by Crippen LogP contribution is -2.46. The maximum absolute atomic E-state index is 14.3. The number of anilines is 2. The average molecular weight is 375 g/mol. The molecule has 27 heavy (non-hydrogen) atoms.